The number of hydrogen-bond donors (Lipinski definition) is 1. The van der Waals surface area contributed by atoms with Crippen molar-refractivity contribution in [3.63, 3.8) is 0 Å². The lowest BCUT2D eigenvalue weighted by Crippen LogP contribution is -2.38. The van der Waals surface area contributed by atoms with Crippen LogP contribution >= 0.6 is 11.6 Å². The standard InChI is InChI=1S/C16H20ClNO3/c1-11(2)12(3)18-15(19)10-21-16(20)8-7-13-5-4-6-14(17)9-13/h4-9,11-12H,10H2,1-3H3,(H,18,19)/b8-7+/t12-/m1/s1. The molecule has 21 heavy (non-hydrogen) atoms. The summed E-state index contributed by atoms with van der Waals surface area (Å²) in [6.07, 6.45) is 2.85. The SMILES string of the molecule is CC(C)[C@@H](C)NC(=O)COC(=O)/C=C/c1cccc(Cl)c1. The van der Waals surface area contributed by atoms with E-state index in [1.807, 2.05) is 26.8 Å². The molecule has 114 valence electrons. The minimum Gasteiger partial charge on any atom is -0.452 e. The maximum atomic E-state index is 11.6. The van der Waals surface area contributed by atoms with Crippen LogP contribution in [0.25, 0.3) is 6.08 Å². The topological polar surface area (TPSA) is 55.4 Å². The summed E-state index contributed by atoms with van der Waals surface area (Å²) < 4.78 is 4.87. The summed E-state index contributed by atoms with van der Waals surface area (Å²) in [5.74, 6) is -0.546. The lowest BCUT2D eigenvalue weighted by atomic mass is 10.1. The van der Waals surface area contributed by atoms with Gasteiger partial charge in [-0.2, -0.15) is 0 Å². The average Bonchev–Trinajstić information content (AvgIpc) is 2.42. The van der Waals surface area contributed by atoms with Crippen LogP contribution in [0.1, 0.15) is 26.3 Å². The highest BCUT2D eigenvalue weighted by Crippen LogP contribution is 2.11. The van der Waals surface area contributed by atoms with E-state index in [-0.39, 0.29) is 18.6 Å². The Morgan fingerprint density at radius 2 is 2.05 bits per heavy atom. The summed E-state index contributed by atoms with van der Waals surface area (Å²) in [7, 11) is 0. The summed E-state index contributed by atoms with van der Waals surface area (Å²) in [5, 5.41) is 3.35. The van der Waals surface area contributed by atoms with E-state index < -0.39 is 5.97 Å². The van der Waals surface area contributed by atoms with Gasteiger partial charge in [0.15, 0.2) is 6.61 Å². The number of carbonyl (C=O) groups excluding carboxylic acids is 2. The maximum Gasteiger partial charge on any atom is 0.331 e. The molecular formula is C16H20ClNO3. The first-order chi connectivity index (χ1) is 9.88. The molecule has 1 aromatic rings. The van der Waals surface area contributed by atoms with Crippen molar-refractivity contribution in [1.82, 2.24) is 5.32 Å². The number of carbonyl (C=O) groups is 2. The molecule has 0 saturated heterocycles. The Bertz CT molecular complexity index is 526. The lowest BCUT2D eigenvalue weighted by molar-refractivity contribution is -0.144. The highest BCUT2D eigenvalue weighted by atomic mass is 35.5. The number of rotatable bonds is 6. The van der Waals surface area contributed by atoms with Gasteiger partial charge in [0.1, 0.15) is 0 Å². The number of hydrogen-bond acceptors (Lipinski definition) is 3. The number of nitrogens with one attached hydrogen (secondary N) is 1. The predicted molar refractivity (Wildman–Crippen MR) is 83.9 cm³/mol. The van der Waals surface area contributed by atoms with Gasteiger partial charge in [0.05, 0.1) is 0 Å². The van der Waals surface area contributed by atoms with Crippen LogP contribution in [0, 0.1) is 5.92 Å². The van der Waals surface area contributed by atoms with Crippen LogP contribution in [-0.2, 0) is 14.3 Å². The minimum absolute atomic E-state index is 0.0400. The van der Waals surface area contributed by atoms with Gasteiger partial charge in [-0.3, -0.25) is 4.79 Å². The second kappa shape index (κ2) is 8.47. The van der Waals surface area contributed by atoms with Gasteiger partial charge in [0.25, 0.3) is 5.91 Å². The normalized spacial score (nSPS) is 12.4. The number of amides is 1. The molecule has 1 rings (SSSR count). The first-order valence-corrected chi connectivity index (χ1v) is 7.16. The van der Waals surface area contributed by atoms with Gasteiger partial charge in [0.2, 0.25) is 0 Å². The second-order valence-electron chi connectivity index (χ2n) is 5.10. The van der Waals surface area contributed by atoms with E-state index in [1.165, 1.54) is 6.08 Å². The van der Waals surface area contributed by atoms with Crippen LogP contribution < -0.4 is 5.32 Å². The number of benzene rings is 1. The van der Waals surface area contributed by atoms with E-state index in [4.69, 9.17) is 16.3 Å². The summed E-state index contributed by atoms with van der Waals surface area (Å²) in [6, 6.07) is 7.11. The van der Waals surface area contributed by atoms with Gasteiger partial charge >= 0.3 is 5.97 Å². The molecule has 0 aliphatic heterocycles. The zero-order valence-corrected chi connectivity index (χ0v) is 13.2. The minimum atomic E-state index is -0.567. The van der Waals surface area contributed by atoms with E-state index in [1.54, 1.807) is 24.3 Å². The third-order valence-corrected chi connectivity index (χ3v) is 3.23. The maximum absolute atomic E-state index is 11.6. The number of esters is 1. The molecule has 1 atom stereocenters. The van der Waals surface area contributed by atoms with Crippen LogP contribution in [0.15, 0.2) is 30.3 Å². The molecule has 0 bridgehead atoms. The fraction of sp³-hybridized carbons (Fsp3) is 0.375. The fourth-order valence-electron chi connectivity index (χ4n) is 1.42. The first kappa shape index (κ1) is 17.2. The third kappa shape index (κ3) is 6.95. The van der Waals surface area contributed by atoms with Crippen molar-refractivity contribution in [2.24, 2.45) is 5.92 Å². The van der Waals surface area contributed by atoms with Crippen molar-refractivity contribution < 1.29 is 14.3 Å². The van der Waals surface area contributed by atoms with Crippen molar-refractivity contribution in [3.8, 4) is 0 Å². The molecule has 1 amide bonds. The predicted octanol–water partition coefficient (Wildman–Crippen LogP) is 3.06. The van der Waals surface area contributed by atoms with Crippen molar-refractivity contribution in [1.29, 1.82) is 0 Å². The van der Waals surface area contributed by atoms with Crippen molar-refractivity contribution in [2.45, 2.75) is 26.8 Å². The van der Waals surface area contributed by atoms with Gasteiger partial charge < -0.3 is 10.1 Å². The van der Waals surface area contributed by atoms with Gasteiger partial charge in [-0.1, -0.05) is 37.6 Å². The van der Waals surface area contributed by atoms with E-state index in [2.05, 4.69) is 5.32 Å². The number of ether oxygens (including phenoxy) is 1. The molecule has 4 nitrogen and oxygen atoms in total. The van der Waals surface area contributed by atoms with Crippen molar-refractivity contribution in [3.05, 3.63) is 40.9 Å². The Morgan fingerprint density at radius 1 is 1.33 bits per heavy atom. The van der Waals surface area contributed by atoms with Gasteiger partial charge in [-0.05, 0) is 36.6 Å². The van der Waals surface area contributed by atoms with E-state index in [0.29, 0.717) is 10.9 Å². The van der Waals surface area contributed by atoms with E-state index >= 15 is 0 Å². The molecule has 5 heteroatoms. The summed E-state index contributed by atoms with van der Waals surface area (Å²) >= 11 is 5.83. The van der Waals surface area contributed by atoms with Crippen LogP contribution in [0.2, 0.25) is 5.02 Å². The molecule has 1 aromatic carbocycles. The molecule has 0 saturated carbocycles. The highest BCUT2D eigenvalue weighted by Gasteiger charge is 2.11. The van der Waals surface area contributed by atoms with Gasteiger partial charge in [-0.25, -0.2) is 4.79 Å². The van der Waals surface area contributed by atoms with Crippen molar-refractivity contribution in [2.75, 3.05) is 6.61 Å². The molecular weight excluding hydrogens is 290 g/mol. The molecule has 0 heterocycles. The molecule has 0 unspecified atom stereocenters. The largest absolute Gasteiger partial charge is 0.452 e. The molecule has 0 fully saturated rings. The zero-order valence-electron chi connectivity index (χ0n) is 12.4. The summed E-state index contributed by atoms with van der Waals surface area (Å²) in [5.41, 5.74) is 0.789. The molecule has 0 aliphatic carbocycles. The van der Waals surface area contributed by atoms with Crippen LogP contribution in [0.3, 0.4) is 0 Å². The Kier molecular flexibility index (Phi) is 6.96. The highest BCUT2D eigenvalue weighted by molar-refractivity contribution is 6.30. The van der Waals surface area contributed by atoms with Crippen LogP contribution in [0.4, 0.5) is 0 Å². The smallest absolute Gasteiger partial charge is 0.331 e. The Hall–Kier alpha value is -1.81. The third-order valence-electron chi connectivity index (χ3n) is 2.99. The van der Waals surface area contributed by atoms with Crippen LogP contribution in [0.5, 0.6) is 0 Å². The summed E-state index contributed by atoms with van der Waals surface area (Å²) in [6.45, 7) is 5.63. The molecule has 0 aromatic heterocycles. The Balaban J connectivity index is 2.39. The zero-order chi connectivity index (χ0) is 15.8. The van der Waals surface area contributed by atoms with Gasteiger partial charge in [-0.15, -0.1) is 0 Å². The van der Waals surface area contributed by atoms with E-state index in [0.717, 1.165) is 5.56 Å². The second-order valence-corrected chi connectivity index (χ2v) is 5.53. The molecule has 0 radical (unpaired) electrons. The van der Waals surface area contributed by atoms with Crippen LogP contribution in [-0.4, -0.2) is 24.5 Å². The van der Waals surface area contributed by atoms with Gasteiger partial charge in [0, 0.05) is 17.1 Å². The molecule has 1 N–H and O–H groups in total. The van der Waals surface area contributed by atoms with E-state index in [9.17, 15) is 9.59 Å². The number of halogens is 1. The Labute approximate surface area is 130 Å². The first-order valence-electron chi connectivity index (χ1n) is 6.78. The monoisotopic (exact) mass is 309 g/mol. The molecule has 0 aliphatic rings. The molecule has 0 spiro atoms. The quantitative estimate of drug-likeness (QED) is 0.649. The fourth-order valence-corrected chi connectivity index (χ4v) is 1.62. The Morgan fingerprint density at radius 3 is 2.67 bits per heavy atom. The van der Waals surface area contributed by atoms with Crippen molar-refractivity contribution >= 4 is 29.6 Å². The summed E-state index contributed by atoms with van der Waals surface area (Å²) in [4.78, 5) is 23.1. The lowest BCUT2D eigenvalue weighted by Gasteiger charge is -2.16. The average molecular weight is 310 g/mol.